The largest absolute Gasteiger partial charge is 0.469 e. The van der Waals surface area contributed by atoms with Crippen molar-refractivity contribution >= 4 is 22.7 Å². The van der Waals surface area contributed by atoms with Gasteiger partial charge in [-0.25, -0.2) is 4.98 Å². The summed E-state index contributed by atoms with van der Waals surface area (Å²) in [6.45, 7) is 2.20. The van der Waals surface area contributed by atoms with Crippen LogP contribution in [0.5, 0.6) is 0 Å². The van der Waals surface area contributed by atoms with Crippen LogP contribution in [0, 0.1) is 5.92 Å². The molecule has 4 aromatic rings. The predicted octanol–water partition coefficient (Wildman–Crippen LogP) is 3.22. The SMILES string of the molecule is CC[C@@H]1C[C@H](NC(=O)CCc2ccco2)C[C@@H]1c1nnc2cnc3[nH]ccc3n12. The second kappa shape index (κ2) is 7.35. The second-order valence-corrected chi connectivity index (χ2v) is 7.81. The number of aromatic nitrogens is 5. The number of furan rings is 1. The molecular formula is C21H24N6O2. The van der Waals surface area contributed by atoms with Gasteiger partial charge in [-0.05, 0) is 37.0 Å². The smallest absolute Gasteiger partial charge is 0.220 e. The summed E-state index contributed by atoms with van der Waals surface area (Å²) >= 11 is 0. The van der Waals surface area contributed by atoms with Gasteiger partial charge in [0.25, 0.3) is 0 Å². The fraction of sp³-hybridized carbons (Fsp3) is 0.429. The average molecular weight is 392 g/mol. The third-order valence-corrected chi connectivity index (χ3v) is 6.06. The number of carbonyl (C=O) groups excluding carboxylic acids is 1. The lowest BCUT2D eigenvalue weighted by Gasteiger charge is -2.15. The Hall–Kier alpha value is -3.16. The van der Waals surface area contributed by atoms with Crippen molar-refractivity contribution in [3.8, 4) is 0 Å². The van der Waals surface area contributed by atoms with Gasteiger partial charge in [-0.3, -0.25) is 9.20 Å². The van der Waals surface area contributed by atoms with Crippen molar-refractivity contribution in [3.05, 3.63) is 48.4 Å². The van der Waals surface area contributed by atoms with Gasteiger partial charge in [0.05, 0.1) is 18.0 Å². The Labute approximate surface area is 167 Å². The number of nitrogens with zero attached hydrogens (tertiary/aromatic N) is 4. The van der Waals surface area contributed by atoms with Crippen LogP contribution in [-0.2, 0) is 11.2 Å². The molecule has 2 N–H and O–H groups in total. The van der Waals surface area contributed by atoms with Crippen LogP contribution in [0.1, 0.15) is 50.1 Å². The van der Waals surface area contributed by atoms with E-state index in [9.17, 15) is 4.79 Å². The van der Waals surface area contributed by atoms with E-state index in [0.717, 1.165) is 47.7 Å². The van der Waals surface area contributed by atoms with E-state index in [4.69, 9.17) is 4.42 Å². The summed E-state index contributed by atoms with van der Waals surface area (Å²) in [5.41, 5.74) is 2.57. The molecule has 0 unspecified atom stereocenters. The van der Waals surface area contributed by atoms with E-state index in [0.29, 0.717) is 18.8 Å². The van der Waals surface area contributed by atoms with Gasteiger partial charge in [-0.2, -0.15) is 0 Å². The number of fused-ring (bicyclic) bond motifs is 3. The van der Waals surface area contributed by atoms with Crippen molar-refractivity contribution in [3.63, 3.8) is 0 Å². The number of hydrogen-bond acceptors (Lipinski definition) is 5. The molecule has 8 heteroatoms. The predicted molar refractivity (Wildman–Crippen MR) is 107 cm³/mol. The fourth-order valence-electron chi connectivity index (χ4n) is 4.64. The molecule has 0 aromatic carbocycles. The van der Waals surface area contributed by atoms with Crippen LogP contribution in [0.2, 0.25) is 0 Å². The summed E-state index contributed by atoms with van der Waals surface area (Å²) in [6.07, 6.45) is 9.21. The first-order chi connectivity index (χ1) is 14.2. The van der Waals surface area contributed by atoms with E-state index < -0.39 is 0 Å². The van der Waals surface area contributed by atoms with Crippen LogP contribution in [-0.4, -0.2) is 36.5 Å². The van der Waals surface area contributed by atoms with Crippen molar-refractivity contribution < 1.29 is 9.21 Å². The fourth-order valence-corrected chi connectivity index (χ4v) is 4.64. The molecule has 1 aliphatic carbocycles. The molecule has 0 radical (unpaired) electrons. The summed E-state index contributed by atoms with van der Waals surface area (Å²) in [5.74, 6) is 2.59. The quantitative estimate of drug-likeness (QED) is 0.525. The van der Waals surface area contributed by atoms with Crippen molar-refractivity contribution in [1.29, 1.82) is 0 Å². The van der Waals surface area contributed by atoms with Gasteiger partial charge in [0.15, 0.2) is 11.3 Å². The highest BCUT2D eigenvalue weighted by Crippen LogP contribution is 2.41. The standard InChI is InChI=1S/C21H24N6O2/c1-2-13-10-14(24-19(28)6-5-15-4-3-9-29-15)11-16(13)21-26-25-18-12-23-20-17(27(18)21)7-8-22-20/h3-4,7-9,12-14,16,22H,2,5-6,10-11H2,1H3,(H,24,28)/t13-,14+,16+/m1/s1. The van der Waals surface area contributed by atoms with Gasteiger partial charge < -0.3 is 14.7 Å². The summed E-state index contributed by atoms with van der Waals surface area (Å²) in [6, 6.07) is 5.91. The maximum Gasteiger partial charge on any atom is 0.220 e. The zero-order chi connectivity index (χ0) is 19.8. The van der Waals surface area contributed by atoms with Gasteiger partial charge in [0.1, 0.15) is 11.6 Å². The number of H-pyrrole nitrogens is 1. The Balaban J connectivity index is 1.34. The molecule has 1 saturated carbocycles. The topological polar surface area (TPSA) is 101 Å². The number of carbonyl (C=O) groups is 1. The Bertz CT molecular complexity index is 1130. The number of aryl methyl sites for hydroxylation is 1. The number of aromatic amines is 1. The molecular weight excluding hydrogens is 368 g/mol. The molecule has 4 aromatic heterocycles. The van der Waals surface area contributed by atoms with Gasteiger partial charge >= 0.3 is 0 Å². The van der Waals surface area contributed by atoms with E-state index >= 15 is 0 Å². The Kier molecular flexibility index (Phi) is 4.54. The number of amides is 1. The van der Waals surface area contributed by atoms with Crippen LogP contribution in [0.25, 0.3) is 16.8 Å². The molecule has 0 aliphatic heterocycles. The van der Waals surface area contributed by atoms with E-state index in [2.05, 4.69) is 36.8 Å². The highest BCUT2D eigenvalue weighted by molar-refractivity contribution is 5.76. The first kappa shape index (κ1) is 17.9. The van der Waals surface area contributed by atoms with Gasteiger partial charge in [-0.15, -0.1) is 10.2 Å². The minimum atomic E-state index is 0.0743. The van der Waals surface area contributed by atoms with Gasteiger partial charge in [0, 0.05) is 31.0 Å². The third-order valence-electron chi connectivity index (χ3n) is 6.06. The normalized spacial score (nSPS) is 21.9. The van der Waals surface area contributed by atoms with Crippen LogP contribution >= 0.6 is 0 Å². The van der Waals surface area contributed by atoms with Crippen LogP contribution in [0.15, 0.2) is 41.3 Å². The molecule has 3 atom stereocenters. The molecule has 1 amide bonds. The molecule has 0 bridgehead atoms. The average Bonchev–Trinajstić information content (AvgIpc) is 3.51. The molecule has 150 valence electrons. The lowest BCUT2D eigenvalue weighted by molar-refractivity contribution is -0.121. The molecule has 0 saturated heterocycles. The molecule has 0 spiro atoms. The summed E-state index contributed by atoms with van der Waals surface area (Å²) in [5, 5.41) is 12.1. The number of nitrogens with one attached hydrogen (secondary N) is 2. The number of rotatable bonds is 6. The lowest BCUT2D eigenvalue weighted by atomic mass is 9.93. The maximum absolute atomic E-state index is 12.4. The van der Waals surface area contributed by atoms with Crippen molar-refractivity contribution in [2.75, 3.05) is 0 Å². The van der Waals surface area contributed by atoms with Gasteiger partial charge in [-0.1, -0.05) is 13.3 Å². The highest BCUT2D eigenvalue weighted by Gasteiger charge is 2.37. The van der Waals surface area contributed by atoms with Gasteiger partial charge in [0.2, 0.25) is 5.91 Å². The minimum absolute atomic E-state index is 0.0743. The van der Waals surface area contributed by atoms with Crippen molar-refractivity contribution in [2.45, 2.75) is 51.0 Å². The Morgan fingerprint density at radius 2 is 2.28 bits per heavy atom. The van der Waals surface area contributed by atoms with E-state index in [1.165, 1.54) is 0 Å². The van der Waals surface area contributed by atoms with E-state index in [1.54, 1.807) is 12.5 Å². The first-order valence-electron chi connectivity index (χ1n) is 10.2. The molecule has 29 heavy (non-hydrogen) atoms. The molecule has 8 nitrogen and oxygen atoms in total. The highest BCUT2D eigenvalue weighted by atomic mass is 16.3. The summed E-state index contributed by atoms with van der Waals surface area (Å²) in [4.78, 5) is 20.0. The Morgan fingerprint density at radius 3 is 3.10 bits per heavy atom. The molecule has 5 rings (SSSR count). The zero-order valence-corrected chi connectivity index (χ0v) is 16.3. The third kappa shape index (κ3) is 3.28. The van der Waals surface area contributed by atoms with Crippen LogP contribution < -0.4 is 5.32 Å². The van der Waals surface area contributed by atoms with Crippen LogP contribution in [0.3, 0.4) is 0 Å². The molecule has 1 aliphatic rings. The van der Waals surface area contributed by atoms with Crippen molar-refractivity contribution in [1.82, 2.24) is 29.9 Å². The van der Waals surface area contributed by atoms with Crippen LogP contribution in [0.4, 0.5) is 0 Å². The minimum Gasteiger partial charge on any atom is -0.469 e. The Morgan fingerprint density at radius 1 is 1.34 bits per heavy atom. The maximum atomic E-state index is 12.4. The van der Waals surface area contributed by atoms with E-state index in [1.807, 2.05) is 24.4 Å². The summed E-state index contributed by atoms with van der Waals surface area (Å²) < 4.78 is 7.42. The van der Waals surface area contributed by atoms with Crippen molar-refractivity contribution in [2.24, 2.45) is 5.92 Å². The molecule has 1 fully saturated rings. The zero-order valence-electron chi connectivity index (χ0n) is 16.3. The monoisotopic (exact) mass is 392 g/mol. The van der Waals surface area contributed by atoms with E-state index in [-0.39, 0.29) is 17.9 Å². The number of hydrogen-bond donors (Lipinski definition) is 2. The summed E-state index contributed by atoms with van der Waals surface area (Å²) in [7, 11) is 0. The first-order valence-corrected chi connectivity index (χ1v) is 10.2. The second-order valence-electron chi connectivity index (χ2n) is 7.81. The molecule has 4 heterocycles. The lowest BCUT2D eigenvalue weighted by Crippen LogP contribution is -2.33.